The van der Waals surface area contributed by atoms with E-state index in [-0.39, 0.29) is 30.3 Å². The fourth-order valence-corrected chi connectivity index (χ4v) is 8.53. The molecule has 222 valence electrons. The number of aryl methyl sites for hydroxylation is 1. The van der Waals surface area contributed by atoms with Gasteiger partial charge in [0.2, 0.25) is 0 Å². The number of nitrogens with zero attached hydrogens (tertiary/aromatic N) is 4. The number of halogens is 1. The number of rotatable bonds is 7. The van der Waals surface area contributed by atoms with Gasteiger partial charge in [-0.25, -0.2) is 4.79 Å². The maximum atomic E-state index is 13.5. The molecule has 4 fully saturated rings. The van der Waals surface area contributed by atoms with Crippen molar-refractivity contribution in [3.05, 3.63) is 46.6 Å². The summed E-state index contributed by atoms with van der Waals surface area (Å²) in [6.07, 6.45) is 7.19. The summed E-state index contributed by atoms with van der Waals surface area (Å²) in [6, 6.07) is 9.78. The predicted octanol–water partition coefficient (Wildman–Crippen LogP) is 4.62. The molecule has 1 aromatic heterocycles. The zero-order valence-electron chi connectivity index (χ0n) is 24.1. The van der Waals surface area contributed by atoms with Crippen LogP contribution in [0.4, 0.5) is 10.6 Å². The van der Waals surface area contributed by atoms with Crippen LogP contribution < -0.4 is 10.2 Å². The molecule has 4 aliphatic rings. The van der Waals surface area contributed by atoms with Crippen LogP contribution >= 0.6 is 11.6 Å². The van der Waals surface area contributed by atoms with Crippen molar-refractivity contribution in [2.45, 2.75) is 69.6 Å². The van der Waals surface area contributed by atoms with Crippen molar-refractivity contribution in [2.75, 3.05) is 31.6 Å². The lowest BCUT2D eigenvalue weighted by molar-refractivity contribution is -0.00376. The van der Waals surface area contributed by atoms with Gasteiger partial charge in [0, 0.05) is 39.8 Å². The summed E-state index contributed by atoms with van der Waals surface area (Å²) in [5, 5.41) is 19.4. The average Bonchev–Trinajstić information content (AvgIpc) is 3.36. The Hall–Kier alpha value is -2.78. The van der Waals surface area contributed by atoms with Gasteiger partial charge in [-0.2, -0.15) is 5.10 Å². The summed E-state index contributed by atoms with van der Waals surface area (Å²) >= 11 is 6.81. The topological polar surface area (TPSA) is 99.9 Å². The number of ether oxygens (including phenoxy) is 1. The number of nitrogens with one attached hydrogen (secondary N) is 1. The minimum Gasteiger partial charge on any atom is -0.445 e. The summed E-state index contributed by atoms with van der Waals surface area (Å²) in [7, 11) is 3.80. The normalized spacial score (nSPS) is 29.3. The molecule has 1 aliphatic heterocycles. The fourth-order valence-electron chi connectivity index (χ4n) is 8.14. The molecule has 3 saturated carbocycles. The van der Waals surface area contributed by atoms with Crippen molar-refractivity contribution in [3.63, 3.8) is 0 Å². The van der Waals surface area contributed by atoms with Gasteiger partial charge in [0.1, 0.15) is 17.4 Å². The number of aromatic nitrogens is 2. The first-order valence-electron chi connectivity index (χ1n) is 15.1. The minimum atomic E-state index is -0.546. The molecule has 5 atom stereocenters. The number of anilines is 1. The molecule has 2 aromatic rings. The molecule has 1 saturated heterocycles. The lowest BCUT2D eigenvalue weighted by Gasteiger charge is -2.36. The van der Waals surface area contributed by atoms with Gasteiger partial charge in [-0.15, -0.1) is 0 Å². The van der Waals surface area contributed by atoms with E-state index < -0.39 is 5.60 Å². The molecular weight excluding hydrogens is 542 g/mol. The van der Waals surface area contributed by atoms with Crippen LogP contribution in [0.25, 0.3) is 0 Å². The lowest BCUT2D eigenvalue weighted by Crippen LogP contribution is -2.47. The highest BCUT2D eigenvalue weighted by atomic mass is 35.5. The van der Waals surface area contributed by atoms with E-state index in [4.69, 9.17) is 16.3 Å². The van der Waals surface area contributed by atoms with Crippen LogP contribution in [0.5, 0.6) is 0 Å². The molecule has 2 N–H and O–H groups in total. The number of benzene rings is 1. The highest BCUT2D eigenvalue weighted by Gasteiger charge is 2.55. The average molecular weight is 584 g/mol. The predicted molar refractivity (Wildman–Crippen MR) is 157 cm³/mol. The molecule has 3 unspecified atom stereocenters. The molecule has 3 aliphatic carbocycles. The number of amides is 2. The zero-order chi connectivity index (χ0) is 28.7. The third kappa shape index (κ3) is 5.67. The Kier molecular flexibility index (Phi) is 7.94. The van der Waals surface area contributed by atoms with E-state index in [9.17, 15) is 14.7 Å². The van der Waals surface area contributed by atoms with Crippen molar-refractivity contribution in [2.24, 2.45) is 30.7 Å². The fraction of sp³-hybridized carbons (Fsp3) is 0.645. The number of aliphatic hydroxyl groups is 1. The molecule has 10 heteroatoms. The van der Waals surface area contributed by atoms with Crippen molar-refractivity contribution in [1.82, 2.24) is 20.0 Å². The molecule has 0 spiro atoms. The monoisotopic (exact) mass is 583 g/mol. The van der Waals surface area contributed by atoms with Crippen LogP contribution in [-0.4, -0.2) is 70.1 Å². The molecule has 6 rings (SSSR count). The maximum absolute atomic E-state index is 13.5. The second-order valence-electron chi connectivity index (χ2n) is 12.8. The minimum absolute atomic E-state index is 0.0666. The van der Waals surface area contributed by atoms with Gasteiger partial charge >= 0.3 is 6.09 Å². The number of hydrogen-bond acceptors (Lipinski definition) is 6. The highest BCUT2D eigenvalue weighted by Crippen LogP contribution is 2.55. The van der Waals surface area contributed by atoms with E-state index in [0.29, 0.717) is 41.8 Å². The third-order valence-electron chi connectivity index (χ3n) is 10.2. The summed E-state index contributed by atoms with van der Waals surface area (Å²) in [6.45, 7) is 2.33. The molecule has 2 heterocycles. The summed E-state index contributed by atoms with van der Waals surface area (Å²) in [5.74, 6) is 1.97. The van der Waals surface area contributed by atoms with Gasteiger partial charge < -0.3 is 25.0 Å². The van der Waals surface area contributed by atoms with E-state index in [1.165, 1.54) is 0 Å². The Morgan fingerprint density at radius 1 is 1.17 bits per heavy atom. The number of carbonyl (C=O) groups is 2. The summed E-state index contributed by atoms with van der Waals surface area (Å²) in [4.78, 5) is 29.9. The molecule has 0 radical (unpaired) electrons. The van der Waals surface area contributed by atoms with E-state index >= 15 is 0 Å². The third-order valence-corrected chi connectivity index (χ3v) is 10.5. The van der Waals surface area contributed by atoms with Crippen LogP contribution in [0.2, 0.25) is 5.02 Å². The number of hydrogen-bond donors (Lipinski definition) is 2. The largest absolute Gasteiger partial charge is 0.445 e. The maximum Gasteiger partial charge on any atom is 0.410 e. The second kappa shape index (κ2) is 11.5. The van der Waals surface area contributed by atoms with Crippen molar-refractivity contribution in [1.29, 1.82) is 0 Å². The SMILES string of the molecule is CN(CC1CCN(C(=O)OCc2ccccc2)CC1)c1c(Cl)c(C(=O)N[C@H]2C3CCC[C@@]4(O)CC2CC4C3)nn1C. The van der Waals surface area contributed by atoms with Crippen LogP contribution in [0, 0.1) is 23.7 Å². The van der Waals surface area contributed by atoms with Gasteiger partial charge in [-0.1, -0.05) is 48.4 Å². The van der Waals surface area contributed by atoms with E-state index in [2.05, 4.69) is 15.3 Å². The second-order valence-corrected chi connectivity index (χ2v) is 13.2. The van der Waals surface area contributed by atoms with Crippen molar-refractivity contribution in [3.8, 4) is 0 Å². The van der Waals surface area contributed by atoms with Gasteiger partial charge in [0.25, 0.3) is 5.91 Å². The Morgan fingerprint density at radius 3 is 2.66 bits per heavy atom. The number of piperidine rings is 1. The molecule has 9 nitrogen and oxygen atoms in total. The Balaban J connectivity index is 1.03. The Labute approximate surface area is 247 Å². The van der Waals surface area contributed by atoms with E-state index in [0.717, 1.165) is 69.3 Å². The van der Waals surface area contributed by atoms with Crippen LogP contribution in [0.3, 0.4) is 0 Å². The molecule has 1 aromatic carbocycles. The Morgan fingerprint density at radius 2 is 1.90 bits per heavy atom. The number of carbonyl (C=O) groups excluding carboxylic acids is 2. The number of fused-ring (bicyclic) bond motifs is 2. The first-order valence-corrected chi connectivity index (χ1v) is 15.5. The van der Waals surface area contributed by atoms with Gasteiger partial charge in [0.15, 0.2) is 5.69 Å². The standard InChI is InChI=1S/C31H42ClN5O4/c1-35(18-20-10-13-37(14-11-20)30(39)41-19-21-7-4-3-5-8-21)29-25(32)27(34-36(29)2)28(38)33-26-22-9-6-12-31(40)17-23(26)16-24(31)15-22/h3-5,7-8,20,22-24,26,40H,6,9-19H2,1-2H3,(H,33,38)/t22?,23?,24?,26-,31+/m0/s1. The van der Waals surface area contributed by atoms with Gasteiger partial charge in [-0.3, -0.25) is 9.48 Å². The van der Waals surface area contributed by atoms with Crippen molar-refractivity contribution < 1.29 is 19.4 Å². The quantitative estimate of drug-likeness (QED) is 0.493. The molecular formula is C31H42ClN5O4. The van der Waals surface area contributed by atoms with Gasteiger partial charge in [-0.05, 0) is 74.2 Å². The Bertz CT molecular complexity index is 1260. The molecule has 41 heavy (non-hydrogen) atoms. The molecule has 3 bridgehead atoms. The van der Waals surface area contributed by atoms with Crippen molar-refractivity contribution >= 4 is 29.4 Å². The zero-order valence-corrected chi connectivity index (χ0v) is 24.9. The number of likely N-dealkylation sites (tertiary alicyclic amines) is 1. The lowest BCUT2D eigenvalue weighted by atomic mass is 9.75. The first kappa shape index (κ1) is 28.3. The van der Waals surface area contributed by atoms with E-state index in [1.807, 2.05) is 44.4 Å². The summed E-state index contributed by atoms with van der Waals surface area (Å²) in [5.41, 5.74) is 0.694. The van der Waals surface area contributed by atoms with Gasteiger partial charge in [0.05, 0.1) is 5.60 Å². The highest BCUT2D eigenvalue weighted by molar-refractivity contribution is 6.36. The first-order chi connectivity index (χ1) is 19.7. The molecule has 2 amide bonds. The van der Waals surface area contributed by atoms with Crippen LogP contribution in [0.15, 0.2) is 30.3 Å². The van der Waals surface area contributed by atoms with E-state index in [1.54, 1.807) is 9.58 Å². The smallest absolute Gasteiger partial charge is 0.410 e. The summed E-state index contributed by atoms with van der Waals surface area (Å²) < 4.78 is 7.20. The van der Waals surface area contributed by atoms with Crippen LogP contribution in [-0.2, 0) is 18.4 Å². The van der Waals surface area contributed by atoms with Crippen LogP contribution in [0.1, 0.15) is 67.4 Å².